The van der Waals surface area contributed by atoms with Gasteiger partial charge in [0.2, 0.25) is 11.7 Å². The molecule has 1 aromatic carbocycles. The molecule has 2 amide bonds. The van der Waals surface area contributed by atoms with Crippen molar-refractivity contribution >= 4 is 11.7 Å². The molecule has 0 saturated carbocycles. The Morgan fingerprint density at radius 3 is 2.78 bits per heavy atom. The lowest BCUT2D eigenvalue weighted by Crippen LogP contribution is -2.33. The number of aryl methyl sites for hydroxylation is 1. The molecule has 2 aromatic heterocycles. The highest BCUT2D eigenvalue weighted by Crippen LogP contribution is 2.32. The molecule has 1 saturated heterocycles. The van der Waals surface area contributed by atoms with Crippen LogP contribution in [-0.2, 0) is 0 Å². The summed E-state index contributed by atoms with van der Waals surface area (Å²) in [5, 5.41) is 7.01. The summed E-state index contributed by atoms with van der Waals surface area (Å²) in [5.41, 5.74) is 2.76. The van der Waals surface area contributed by atoms with E-state index in [1.807, 2.05) is 43.3 Å². The zero-order chi connectivity index (χ0) is 18.8. The van der Waals surface area contributed by atoms with E-state index in [9.17, 15) is 4.79 Å². The van der Waals surface area contributed by atoms with E-state index in [1.54, 1.807) is 17.3 Å². The largest absolute Gasteiger partial charge is 0.339 e. The van der Waals surface area contributed by atoms with E-state index in [4.69, 9.17) is 4.52 Å². The number of carbonyl (C=O) groups excluding carboxylic acids is 1. The third kappa shape index (κ3) is 3.67. The quantitative estimate of drug-likeness (QED) is 0.767. The van der Waals surface area contributed by atoms with Crippen molar-refractivity contribution in [2.24, 2.45) is 5.92 Å². The number of benzene rings is 1. The molecule has 0 radical (unpaired) electrons. The molecule has 0 bridgehead atoms. The summed E-state index contributed by atoms with van der Waals surface area (Å²) in [6.45, 7) is 5.31. The van der Waals surface area contributed by atoms with Gasteiger partial charge in [0, 0.05) is 36.7 Å². The summed E-state index contributed by atoms with van der Waals surface area (Å²) < 4.78 is 5.49. The maximum atomic E-state index is 12.6. The second-order valence-electron chi connectivity index (χ2n) is 6.98. The van der Waals surface area contributed by atoms with Gasteiger partial charge in [-0.2, -0.15) is 4.98 Å². The van der Waals surface area contributed by atoms with Crippen molar-refractivity contribution < 1.29 is 9.32 Å². The summed E-state index contributed by atoms with van der Waals surface area (Å²) in [6, 6.07) is 11.4. The molecule has 7 heteroatoms. The van der Waals surface area contributed by atoms with Crippen molar-refractivity contribution in [1.82, 2.24) is 20.0 Å². The van der Waals surface area contributed by atoms with Crippen LogP contribution in [0.2, 0.25) is 0 Å². The monoisotopic (exact) mass is 363 g/mol. The Balaban J connectivity index is 1.44. The molecule has 4 rings (SSSR count). The van der Waals surface area contributed by atoms with Crippen LogP contribution in [0.5, 0.6) is 0 Å². The number of rotatable bonds is 3. The zero-order valence-electron chi connectivity index (χ0n) is 15.3. The van der Waals surface area contributed by atoms with E-state index in [2.05, 4.69) is 27.4 Å². The van der Waals surface area contributed by atoms with Gasteiger partial charge in [0.15, 0.2) is 0 Å². The Morgan fingerprint density at radius 2 is 2.04 bits per heavy atom. The summed E-state index contributed by atoms with van der Waals surface area (Å²) in [6.07, 6.45) is 3.40. The van der Waals surface area contributed by atoms with Crippen LogP contribution in [0.3, 0.4) is 0 Å². The maximum Gasteiger partial charge on any atom is 0.321 e. The van der Waals surface area contributed by atoms with Gasteiger partial charge in [-0.3, -0.25) is 4.98 Å². The standard InChI is InChI=1S/C20H21N5O2/c1-13-5-7-16(8-6-13)22-20(26)25-11-14(2)17(12-25)19-23-18(24-27-19)15-4-3-9-21-10-15/h3-10,14,17H,11-12H2,1-2H3,(H,22,26). The average molecular weight is 363 g/mol. The summed E-state index contributed by atoms with van der Waals surface area (Å²) in [7, 11) is 0. The number of amides is 2. The fraction of sp³-hybridized carbons (Fsp3) is 0.300. The van der Waals surface area contributed by atoms with Gasteiger partial charge in [0.1, 0.15) is 0 Å². The van der Waals surface area contributed by atoms with E-state index in [0.29, 0.717) is 24.8 Å². The predicted molar refractivity (Wildman–Crippen MR) is 101 cm³/mol. The van der Waals surface area contributed by atoms with Crippen LogP contribution in [0.4, 0.5) is 10.5 Å². The van der Waals surface area contributed by atoms with Crippen molar-refractivity contribution in [3.63, 3.8) is 0 Å². The number of anilines is 1. The second-order valence-corrected chi connectivity index (χ2v) is 6.98. The molecule has 3 heterocycles. The molecule has 0 aliphatic carbocycles. The number of carbonyl (C=O) groups is 1. The first-order chi connectivity index (χ1) is 13.1. The minimum atomic E-state index is -0.111. The number of pyridine rings is 1. The van der Waals surface area contributed by atoms with Crippen molar-refractivity contribution in [1.29, 1.82) is 0 Å². The average Bonchev–Trinajstić information content (AvgIpc) is 3.31. The molecule has 2 unspecified atom stereocenters. The Morgan fingerprint density at radius 1 is 1.22 bits per heavy atom. The molecule has 7 nitrogen and oxygen atoms in total. The van der Waals surface area contributed by atoms with E-state index < -0.39 is 0 Å². The Kier molecular flexibility index (Phi) is 4.58. The Bertz CT molecular complexity index is 923. The highest BCUT2D eigenvalue weighted by Gasteiger charge is 2.37. The number of hydrogen-bond acceptors (Lipinski definition) is 5. The molecule has 27 heavy (non-hydrogen) atoms. The van der Waals surface area contributed by atoms with Crippen LogP contribution in [0, 0.1) is 12.8 Å². The fourth-order valence-electron chi connectivity index (χ4n) is 3.29. The Hall–Kier alpha value is -3.22. The first kappa shape index (κ1) is 17.2. The summed E-state index contributed by atoms with van der Waals surface area (Å²) in [4.78, 5) is 23.0. The SMILES string of the molecule is Cc1ccc(NC(=O)N2CC(C)C(c3nc(-c4cccnc4)no3)C2)cc1. The molecule has 3 aromatic rings. The van der Waals surface area contributed by atoms with Crippen LogP contribution in [-0.4, -0.2) is 39.1 Å². The molecular weight excluding hydrogens is 342 g/mol. The van der Waals surface area contributed by atoms with Gasteiger partial charge >= 0.3 is 6.03 Å². The van der Waals surface area contributed by atoms with Gasteiger partial charge in [0.25, 0.3) is 0 Å². The third-order valence-electron chi connectivity index (χ3n) is 4.88. The summed E-state index contributed by atoms with van der Waals surface area (Å²) in [5.74, 6) is 1.34. The molecular formula is C20H21N5O2. The van der Waals surface area contributed by atoms with Gasteiger partial charge in [0.05, 0.1) is 5.92 Å². The van der Waals surface area contributed by atoms with Gasteiger partial charge in [-0.05, 0) is 37.1 Å². The van der Waals surface area contributed by atoms with Crippen molar-refractivity contribution in [3.8, 4) is 11.4 Å². The van der Waals surface area contributed by atoms with Crippen molar-refractivity contribution in [2.75, 3.05) is 18.4 Å². The first-order valence-corrected chi connectivity index (χ1v) is 8.97. The predicted octanol–water partition coefficient (Wildman–Crippen LogP) is 3.71. The number of nitrogens with zero attached hydrogens (tertiary/aromatic N) is 4. The van der Waals surface area contributed by atoms with Crippen LogP contribution >= 0.6 is 0 Å². The van der Waals surface area contributed by atoms with Gasteiger partial charge < -0.3 is 14.7 Å². The zero-order valence-corrected chi connectivity index (χ0v) is 15.3. The minimum Gasteiger partial charge on any atom is -0.339 e. The number of hydrogen-bond donors (Lipinski definition) is 1. The van der Waals surface area contributed by atoms with Crippen molar-refractivity contribution in [2.45, 2.75) is 19.8 Å². The van der Waals surface area contributed by atoms with E-state index in [-0.39, 0.29) is 17.9 Å². The molecule has 1 fully saturated rings. The fourth-order valence-corrected chi connectivity index (χ4v) is 3.29. The van der Waals surface area contributed by atoms with E-state index >= 15 is 0 Å². The minimum absolute atomic E-state index is 0.0201. The van der Waals surface area contributed by atoms with Gasteiger partial charge in [-0.15, -0.1) is 0 Å². The van der Waals surface area contributed by atoms with Crippen LogP contribution in [0.15, 0.2) is 53.3 Å². The number of nitrogens with one attached hydrogen (secondary N) is 1. The molecule has 1 aliphatic heterocycles. The van der Waals surface area contributed by atoms with Crippen LogP contribution < -0.4 is 5.32 Å². The highest BCUT2D eigenvalue weighted by atomic mass is 16.5. The lowest BCUT2D eigenvalue weighted by molar-refractivity contribution is 0.220. The second kappa shape index (κ2) is 7.19. The van der Waals surface area contributed by atoms with Crippen LogP contribution in [0.25, 0.3) is 11.4 Å². The topological polar surface area (TPSA) is 84.2 Å². The number of likely N-dealkylation sites (tertiary alicyclic amines) is 1. The van der Waals surface area contributed by atoms with E-state index in [0.717, 1.165) is 16.8 Å². The smallest absolute Gasteiger partial charge is 0.321 e. The lowest BCUT2D eigenvalue weighted by Gasteiger charge is -2.17. The van der Waals surface area contributed by atoms with Crippen molar-refractivity contribution in [3.05, 3.63) is 60.2 Å². The van der Waals surface area contributed by atoms with Gasteiger partial charge in [-0.1, -0.05) is 29.8 Å². The molecule has 1 aliphatic rings. The lowest BCUT2D eigenvalue weighted by atomic mass is 9.98. The van der Waals surface area contributed by atoms with E-state index in [1.165, 1.54) is 0 Å². The molecule has 1 N–H and O–H groups in total. The highest BCUT2D eigenvalue weighted by molar-refractivity contribution is 5.89. The Labute approximate surface area is 157 Å². The molecule has 2 atom stereocenters. The number of urea groups is 1. The maximum absolute atomic E-state index is 12.6. The normalized spacial score (nSPS) is 19.3. The molecule has 0 spiro atoms. The summed E-state index contributed by atoms with van der Waals surface area (Å²) >= 11 is 0. The van der Waals surface area contributed by atoms with Gasteiger partial charge in [-0.25, -0.2) is 4.79 Å². The molecule has 138 valence electrons. The first-order valence-electron chi connectivity index (χ1n) is 8.97. The van der Waals surface area contributed by atoms with Crippen LogP contribution in [0.1, 0.15) is 24.3 Å². The third-order valence-corrected chi connectivity index (χ3v) is 4.88. The number of aromatic nitrogens is 3.